The maximum absolute atomic E-state index is 10.3. The molecule has 1 aromatic rings. The Morgan fingerprint density at radius 2 is 2.25 bits per heavy atom. The van der Waals surface area contributed by atoms with Gasteiger partial charge >= 0.3 is 5.97 Å². The molecule has 0 aliphatic rings. The molecule has 1 N–H and O–H groups in total. The zero-order chi connectivity index (χ0) is 12.0. The predicted octanol–water partition coefficient (Wildman–Crippen LogP) is 2.03. The van der Waals surface area contributed by atoms with Crippen LogP contribution >= 0.6 is 23.5 Å². The fourth-order valence-electron chi connectivity index (χ4n) is 0.874. The molecule has 0 saturated heterocycles. The highest BCUT2D eigenvalue weighted by atomic mass is 32.2. The van der Waals surface area contributed by atoms with Gasteiger partial charge in [0.2, 0.25) is 5.89 Å². The monoisotopic (exact) mass is 262 g/mol. The Kier molecular flexibility index (Phi) is 5.68. The Labute approximate surface area is 102 Å². The van der Waals surface area contributed by atoms with E-state index in [9.17, 15) is 4.79 Å². The highest BCUT2D eigenvalue weighted by Gasteiger charge is 2.08. The number of rotatable bonds is 7. The molecule has 16 heavy (non-hydrogen) atoms. The second kappa shape index (κ2) is 6.80. The quantitative estimate of drug-likeness (QED) is 0.805. The van der Waals surface area contributed by atoms with Crippen LogP contribution < -0.4 is 0 Å². The van der Waals surface area contributed by atoms with Crippen molar-refractivity contribution in [3.63, 3.8) is 0 Å². The molecule has 0 spiro atoms. The van der Waals surface area contributed by atoms with Gasteiger partial charge in [0.1, 0.15) is 0 Å². The molecule has 0 fully saturated rings. The molecule has 1 aromatic heterocycles. The highest BCUT2D eigenvalue weighted by molar-refractivity contribution is 7.99. The number of aliphatic carboxylic acids is 1. The van der Waals surface area contributed by atoms with E-state index in [0.29, 0.717) is 22.7 Å². The molecule has 5 nitrogen and oxygen atoms in total. The second-order valence-electron chi connectivity index (χ2n) is 3.35. The minimum Gasteiger partial charge on any atom is -0.481 e. The summed E-state index contributed by atoms with van der Waals surface area (Å²) < 4.78 is 4.99. The number of carboxylic acid groups (broad SMARTS) is 1. The smallest absolute Gasteiger partial charge is 0.313 e. The third-order valence-corrected chi connectivity index (χ3v) is 3.50. The maximum atomic E-state index is 10.3. The largest absolute Gasteiger partial charge is 0.481 e. The minimum absolute atomic E-state index is 0.0540. The van der Waals surface area contributed by atoms with Gasteiger partial charge in [-0.3, -0.25) is 4.79 Å². The van der Waals surface area contributed by atoms with Crippen LogP contribution in [-0.2, 0) is 16.3 Å². The van der Waals surface area contributed by atoms with Crippen molar-refractivity contribution >= 4 is 29.5 Å². The van der Waals surface area contributed by atoms with Gasteiger partial charge in [-0.2, -0.15) is 16.7 Å². The maximum Gasteiger partial charge on any atom is 0.313 e. The fraction of sp³-hybridized carbons (Fsp3) is 0.667. The first kappa shape index (κ1) is 13.4. The first-order valence-electron chi connectivity index (χ1n) is 4.80. The SMILES string of the molecule is CC(C)SCc1noc(CSCC(=O)O)n1. The van der Waals surface area contributed by atoms with Gasteiger partial charge in [-0.1, -0.05) is 19.0 Å². The summed E-state index contributed by atoms with van der Waals surface area (Å²) in [6.45, 7) is 4.21. The molecule has 0 bridgehead atoms. The van der Waals surface area contributed by atoms with Gasteiger partial charge in [-0.25, -0.2) is 0 Å². The Balaban J connectivity index is 2.30. The standard InChI is InChI=1S/C9H14N2O3S2/c1-6(2)16-3-7-10-8(14-11-7)4-15-5-9(12)13/h6H,3-5H2,1-2H3,(H,12,13). The zero-order valence-corrected chi connectivity index (χ0v) is 10.8. The molecule has 1 heterocycles. The van der Waals surface area contributed by atoms with Crippen molar-refractivity contribution in [2.75, 3.05) is 5.75 Å². The first-order chi connectivity index (χ1) is 7.58. The summed E-state index contributed by atoms with van der Waals surface area (Å²) in [6, 6.07) is 0. The normalized spacial score (nSPS) is 10.9. The molecule has 0 unspecified atom stereocenters. The van der Waals surface area contributed by atoms with Crippen LogP contribution in [0.4, 0.5) is 0 Å². The van der Waals surface area contributed by atoms with E-state index in [1.54, 1.807) is 11.8 Å². The molecule has 1 rings (SSSR count). The van der Waals surface area contributed by atoms with Gasteiger partial charge in [0.15, 0.2) is 5.82 Å². The van der Waals surface area contributed by atoms with Crippen molar-refractivity contribution in [3.05, 3.63) is 11.7 Å². The van der Waals surface area contributed by atoms with E-state index in [1.165, 1.54) is 11.8 Å². The molecule has 0 aliphatic carbocycles. The first-order valence-corrected chi connectivity index (χ1v) is 7.01. The van der Waals surface area contributed by atoms with E-state index < -0.39 is 5.97 Å². The number of aromatic nitrogens is 2. The molecule has 0 radical (unpaired) electrons. The average Bonchev–Trinajstić information content (AvgIpc) is 2.62. The summed E-state index contributed by atoms with van der Waals surface area (Å²) >= 11 is 2.99. The van der Waals surface area contributed by atoms with Crippen LogP contribution in [0.2, 0.25) is 0 Å². The fourth-order valence-corrected chi connectivity index (χ4v) is 2.04. The summed E-state index contributed by atoms with van der Waals surface area (Å²) in [7, 11) is 0. The molecule has 0 aromatic carbocycles. The van der Waals surface area contributed by atoms with Crippen LogP contribution in [0.3, 0.4) is 0 Å². The minimum atomic E-state index is -0.833. The molecular weight excluding hydrogens is 248 g/mol. The van der Waals surface area contributed by atoms with Crippen molar-refractivity contribution in [3.8, 4) is 0 Å². The van der Waals surface area contributed by atoms with Crippen LogP contribution in [-0.4, -0.2) is 32.2 Å². The van der Waals surface area contributed by atoms with E-state index in [-0.39, 0.29) is 5.75 Å². The Morgan fingerprint density at radius 3 is 2.88 bits per heavy atom. The van der Waals surface area contributed by atoms with E-state index in [1.807, 2.05) is 0 Å². The van der Waals surface area contributed by atoms with E-state index in [0.717, 1.165) is 5.75 Å². The summed E-state index contributed by atoms with van der Waals surface area (Å²) in [5, 5.41) is 12.8. The Hall–Kier alpha value is -0.690. The van der Waals surface area contributed by atoms with Gasteiger partial charge in [0.05, 0.1) is 17.3 Å². The van der Waals surface area contributed by atoms with Crippen molar-refractivity contribution < 1.29 is 14.4 Å². The van der Waals surface area contributed by atoms with Gasteiger partial charge in [0, 0.05) is 0 Å². The number of thioether (sulfide) groups is 2. The van der Waals surface area contributed by atoms with Crippen molar-refractivity contribution in [2.45, 2.75) is 30.6 Å². The van der Waals surface area contributed by atoms with Crippen molar-refractivity contribution in [2.24, 2.45) is 0 Å². The molecule has 0 saturated carbocycles. The predicted molar refractivity (Wildman–Crippen MR) is 64.5 cm³/mol. The lowest BCUT2D eigenvalue weighted by Crippen LogP contribution is -1.98. The van der Waals surface area contributed by atoms with Gasteiger partial charge in [-0.05, 0) is 5.25 Å². The molecule has 0 aliphatic heterocycles. The van der Waals surface area contributed by atoms with Crippen molar-refractivity contribution in [1.29, 1.82) is 0 Å². The Bertz CT molecular complexity index is 341. The van der Waals surface area contributed by atoms with Crippen LogP contribution in [0.25, 0.3) is 0 Å². The van der Waals surface area contributed by atoms with Gasteiger partial charge in [0.25, 0.3) is 0 Å². The zero-order valence-electron chi connectivity index (χ0n) is 9.17. The van der Waals surface area contributed by atoms with E-state index >= 15 is 0 Å². The number of carbonyl (C=O) groups is 1. The lowest BCUT2D eigenvalue weighted by atomic mass is 10.6. The number of carboxylic acids is 1. The lowest BCUT2D eigenvalue weighted by molar-refractivity contribution is -0.133. The Morgan fingerprint density at radius 1 is 1.50 bits per heavy atom. The lowest BCUT2D eigenvalue weighted by Gasteiger charge is -1.98. The van der Waals surface area contributed by atoms with Crippen LogP contribution in [0.15, 0.2) is 4.52 Å². The number of hydrogen-bond acceptors (Lipinski definition) is 6. The number of hydrogen-bond donors (Lipinski definition) is 1. The summed E-state index contributed by atoms with van der Waals surface area (Å²) in [5.41, 5.74) is 0. The summed E-state index contributed by atoms with van der Waals surface area (Å²) in [6.07, 6.45) is 0. The summed E-state index contributed by atoms with van der Waals surface area (Å²) in [5.74, 6) is 1.56. The van der Waals surface area contributed by atoms with Crippen molar-refractivity contribution in [1.82, 2.24) is 10.1 Å². The number of nitrogens with zero attached hydrogens (tertiary/aromatic N) is 2. The highest BCUT2D eigenvalue weighted by Crippen LogP contribution is 2.16. The topological polar surface area (TPSA) is 76.2 Å². The average molecular weight is 262 g/mol. The molecule has 90 valence electrons. The third-order valence-electron chi connectivity index (χ3n) is 1.51. The molecule has 0 atom stereocenters. The van der Waals surface area contributed by atoms with E-state index in [2.05, 4.69) is 24.0 Å². The van der Waals surface area contributed by atoms with Crippen LogP contribution in [0.1, 0.15) is 25.6 Å². The second-order valence-corrected chi connectivity index (χ2v) is 5.90. The van der Waals surface area contributed by atoms with Gasteiger partial charge in [-0.15, -0.1) is 11.8 Å². The molecule has 7 heteroatoms. The summed E-state index contributed by atoms with van der Waals surface area (Å²) in [4.78, 5) is 14.4. The van der Waals surface area contributed by atoms with Gasteiger partial charge < -0.3 is 9.63 Å². The molecule has 0 amide bonds. The third kappa shape index (κ3) is 5.41. The van der Waals surface area contributed by atoms with E-state index in [4.69, 9.17) is 9.63 Å². The molecular formula is C9H14N2O3S2. The van der Waals surface area contributed by atoms with Crippen LogP contribution in [0, 0.1) is 0 Å². The van der Waals surface area contributed by atoms with Crippen LogP contribution in [0.5, 0.6) is 0 Å².